The summed E-state index contributed by atoms with van der Waals surface area (Å²) in [5, 5.41) is 17.3. The molecule has 1 aliphatic carbocycles. The Labute approximate surface area is 162 Å². The highest BCUT2D eigenvalue weighted by atomic mass is 16.2. The zero-order valence-corrected chi connectivity index (χ0v) is 15.6. The number of hydrogen-bond acceptors (Lipinski definition) is 5. The summed E-state index contributed by atoms with van der Waals surface area (Å²) in [7, 11) is 0. The lowest BCUT2D eigenvalue weighted by atomic mass is 9.56. The fraction of sp³-hybridized carbons (Fsp3) is 0.227. The standard InChI is InChI=1S/C22H18N4O2/c1-21(2)18-9-11-26(17-8-10-24-25-14-17)20(28)22(18,12-15(13-23)19(21)27)16-6-4-3-5-7-16/h3-10,12,14H,11H2,1-2H3/t22-/m1/s1. The van der Waals surface area contributed by atoms with Crippen molar-refractivity contribution in [2.45, 2.75) is 19.3 Å². The molecule has 2 aromatic rings. The first-order chi connectivity index (χ1) is 13.4. The maximum absolute atomic E-state index is 13.9. The molecule has 0 saturated heterocycles. The van der Waals surface area contributed by atoms with E-state index in [0.29, 0.717) is 17.8 Å². The molecule has 1 aromatic carbocycles. The lowest BCUT2D eigenvalue weighted by Gasteiger charge is -2.48. The predicted octanol–water partition coefficient (Wildman–Crippen LogP) is 2.75. The molecule has 138 valence electrons. The first kappa shape index (κ1) is 17.8. The Kier molecular flexibility index (Phi) is 3.97. The van der Waals surface area contributed by atoms with Crippen LogP contribution in [0.5, 0.6) is 0 Å². The van der Waals surface area contributed by atoms with Gasteiger partial charge in [0.15, 0.2) is 5.78 Å². The molecule has 1 aromatic heterocycles. The third kappa shape index (κ3) is 2.33. The van der Waals surface area contributed by atoms with Crippen molar-refractivity contribution in [3.63, 3.8) is 0 Å². The minimum Gasteiger partial charge on any atom is -0.306 e. The summed E-state index contributed by atoms with van der Waals surface area (Å²) < 4.78 is 0. The average Bonchev–Trinajstić information content (AvgIpc) is 2.73. The Balaban J connectivity index is 2.03. The van der Waals surface area contributed by atoms with E-state index in [4.69, 9.17) is 0 Å². The van der Waals surface area contributed by atoms with Gasteiger partial charge in [-0.25, -0.2) is 0 Å². The van der Waals surface area contributed by atoms with Crippen molar-refractivity contribution in [1.29, 1.82) is 5.26 Å². The summed E-state index contributed by atoms with van der Waals surface area (Å²) in [5.41, 5.74) is -0.120. The summed E-state index contributed by atoms with van der Waals surface area (Å²) in [6.07, 6.45) is 6.52. The van der Waals surface area contributed by atoms with Crippen LogP contribution in [0.2, 0.25) is 0 Å². The minimum absolute atomic E-state index is 0.00839. The van der Waals surface area contributed by atoms with Gasteiger partial charge in [-0.1, -0.05) is 36.4 Å². The zero-order chi connectivity index (χ0) is 19.9. The fourth-order valence-corrected chi connectivity index (χ4v) is 4.20. The molecule has 1 atom stereocenters. The van der Waals surface area contributed by atoms with Gasteiger partial charge in [-0.15, -0.1) is 0 Å². The molecule has 4 rings (SSSR count). The summed E-state index contributed by atoms with van der Waals surface area (Å²) in [5.74, 6) is -0.475. The van der Waals surface area contributed by atoms with Crippen LogP contribution in [0, 0.1) is 16.7 Å². The summed E-state index contributed by atoms with van der Waals surface area (Å²) in [6, 6.07) is 13.0. The van der Waals surface area contributed by atoms with Gasteiger partial charge in [0.25, 0.3) is 0 Å². The second-order valence-corrected chi connectivity index (χ2v) is 7.43. The van der Waals surface area contributed by atoms with Crippen molar-refractivity contribution >= 4 is 17.4 Å². The first-order valence-corrected chi connectivity index (χ1v) is 8.96. The largest absolute Gasteiger partial charge is 0.306 e. The summed E-state index contributed by atoms with van der Waals surface area (Å²) >= 11 is 0. The van der Waals surface area contributed by atoms with Crippen molar-refractivity contribution in [3.05, 3.63) is 77.7 Å². The molecule has 2 heterocycles. The molecule has 0 fully saturated rings. The predicted molar refractivity (Wildman–Crippen MR) is 103 cm³/mol. The van der Waals surface area contributed by atoms with Gasteiger partial charge in [-0.2, -0.15) is 15.5 Å². The van der Waals surface area contributed by atoms with Gasteiger partial charge in [0.1, 0.15) is 11.5 Å². The van der Waals surface area contributed by atoms with Crippen LogP contribution in [0.15, 0.2) is 72.1 Å². The molecular weight excluding hydrogens is 352 g/mol. The smallest absolute Gasteiger partial charge is 0.246 e. The Morgan fingerprint density at radius 1 is 1.11 bits per heavy atom. The van der Waals surface area contributed by atoms with Gasteiger partial charge >= 0.3 is 0 Å². The number of nitrogens with zero attached hydrogens (tertiary/aromatic N) is 4. The van der Waals surface area contributed by atoms with E-state index in [0.717, 1.165) is 5.56 Å². The van der Waals surface area contributed by atoms with Gasteiger partial charge < -0.3 is 4.90 Å². The van der Waals surface area contributed by atoms with Crippen LogP contribution in [0.4, 0.5) is 5.69 Å². The number of fused-ring (bicyclic) bond motifs is 1. The summed E-state index contributed by atoms with van der Waals surface area (Å²) in [6.45, 7) is 3.88. The molecule has 0 bridgehead atoms. The highest BCUT2D eigenvalue weighted by Gasteiger charge is 2.57. The molecule has 1 amide bonds. The van der Waals surface area contributed by atoms with E-state index in [1.807, 2.05) is 42.5 Å². The van der Waals surface area contributed by atoms with E-state index in [2.05, 4.69) is 10.2 Å². The van der Waals surface area contributed by atoms with Crippen LogP contribution >= 0.6 is 0 Å². The topological polar surface area (TPSA) is 87.0 Å². The molecule has 0 unspecified atom stereocenters. The van der Waals surface area contributed by atoms with Gasteiger partial charge in [-0.3, -0.25) is 9.59 Å². The number of nitriles is 1. The number of hydrogen-bond donors (Lipinski definition) is 0. The Bertz CT molecular complexity index is 1060. The molecule has 2 aliphatic rings. The number of anilines is 1. The lowest BCUT2D eigenvalue weighted by molar-refractivity contribution is -0.125. The molecule has 28 heavy (non-hydrogen) atoms. The minimum atomic E-state index is -1.22. The lowest BCUT2D eigenvalue weighted by Crippen LogP contribution is -2.56. The van der Waals surface area contributed by atoms with Crippen LogP contribution in [-0.2, 0) is 15.0 Å². The van der Waals surface area contributed by atoms with Crippen LogP contribution < -0.4 is 4.90 Å². The quantitative estimate of drug-likeness (QED) is 0.759. The molecule has 1 aliphatic heterocycles. The van der Waals surface area contributed by atoms with Crippen molar-refractivity contribution in [1.82, 2.24) is 10.2 Å². The van der Waals surface area contributed by atoms with Crippen LogP contribution in [0.3, 0.4) is 0 Å². The molecule has 0 spiro atoms. The number of carbonyl (C=O) groups excluding carboxylic acids is 2. The first-order valence-electron chi connectivity index (χ1n) is 8.96. The monoisotopic (exact) mass is 370 g/mol. The van der Waals surface area contributed by atoms with Crippen LogP contribution in [0.25, 0.3) is 0 Å². The molecule has 0 radical (unpaired) electrons. The number of aromatic nitrogens is 2. The van der Waals surface area contributed by atoms with E-state index in [1.54, 1.807) is 24.8 Å². The van der Waals surface area contributed by atoms with Crippen LogP contribution in [-0.4, -0.2) is 28.4 Å². The number of rotatable bonds is 2. The van der Waals surface area contributed by atoms with Gasteiger partial charge in [0.2, 0.25) is 5.91 Å². The second-order valence-electron chi connectivity index (χ2n) is 7.43. The van der Waals surface area contributed by atoms with Crippen LogP contribution in [0.1, 0.15) is 19.4 Å². The van der Waals surface area contributed by atoms with Crippen molar-refractivity contribution in [2.75, 3.05) is 11.4 Å². The second kappa shape index (κ2) is 6.24. The van der Waals surface area contributed by atoms with E-state index in [9.17, 15) is 14.9 Å². The SMILES string of the molecule is CC1(C)C(=O)C(C#N)=C[C@]2(c3ccccc3)C(=O)N(c3ccnnc3)CC=C12. The third-order valence-electron chi connectivity index (χ3n) is 5.56. The molecular formula is C22H18N4O2. The third-order valence-corrected chi connectivity index (χ3v) is 5.56. The van der Waals surface area contributed by atoms with Crippen molar-refractivity contribution in [2.24, 2.45) is 5.41 Å². The molecule has 0 saturated carbocycles. The maximum Gasteiger partial charge on any atom is 0.246 e. The van der Waals surface area contributed by atoms with E-state index >= 15 is 0 Å². The highest BCUT2D eigenvalue weighted by molar-refractivity contribution is 6.15. The fourth-order valence-electron chi connectivity index (χ4n) is 4.20. The van der Waals surface area contributed by atoms with Gasteiger partial charge in [-0.05, 0) is 37.1 Å². The number of ketones is 1. The normalized spacial score (nSPS) is 23.4. The van der Waals surface area contributed by atoms with E-state index < -0.39 is 10.8 Å². The number of amides is 1. The Morgan fingerprint density at radius 3 is 2.50 bits per heavy atom. The van der Waals surface area contributed by atoms with Crippen molar-refractivity contribution < 1.29 is 9.59 Å². The van der Waals surface area contributed by atoms with Crippen molar-refractivity contribution in [3.8, 4) is 6.07 Å². The van der Waals surface area contributed by atoms with Gasteiger partial charge in [0.05, 0.1) is 29.1 Å². The molecule has 0 N–H and O–H groups in total. The number of allylic oxidation sites excluding steroid dienone is 1. The number of benzene rings is 1. The molecule has 6 nitrogen and oxygen atoms in total. The zero-order valence-electron chi connectivity index (χ0n) is 15.6. The van der Waals surface area contributed by atoms with E-state index in [1.165, 1.54) is 18.5 Å². The van der Waals surface area contributed by atoms with Gasteiger partial charge in [0, 0.05) is 6.54 Å². The summed E-state index contributed by atoms with van der Waals surface area (Å²) in [4.78, 5) is 28.4. The Hall–Kier alpha value is -3.59. The van der Waals surface area contributed by atoms with E-state index in [-0.39, 0.29) is 17.3 Å². The number of carbonyl (C=O) groups is 2. The maximum atomic E-state index is 13.9. The Morgan fingerprint density at radius 2 is 1.86 bits per heavy atom. The number of Topliss-reactive ketones (excluding diaryl/α,β-unsaturated/α-hetero) is 1. The average molecular weight is 370 g/mol. The highest BCUT2D eigenvalue weighted by Crippen LogP contribution is 2.52. The molecule has 6 heteroatoms.